The van der Waals surface area contributed by atoms with E-state index in [0.717, 1.165) is 23.1 Å². The number of halogens is 7. The first-order valence-corrected chi connectivity index (χ1v) is 11.3. The molecule has 1 aliphatic heterocycles. The highest BCUT2D eigenvalue weighted by molar-refractivity contribution is 7.92. The molecule has 14 heteroatoms. The summed E-state index contributed by atoms with van der Waals surface area (Å²) >= 11 is 5.95. The number of nitrogens with one attached hydrogen (secondary N) is 1. The van der Waals surface area contributed by atoms with Crippen LogP contribution in [-0.4, -0.2) is 58.2 Å². The molecular formula is C19H19ClF6N4O2S. The topological polar surface area (TPSA) is 65.5 Å². The largest absolute Gasteiger partial charge is 0.397 e. The van der Waals surface area contributed by atoms with E-state index in [0.29, 0.717) is 6.07 Å². The average molecular weight is 517 g/mol. The number of hydrogen-bond donors (Lipinski definition) is 1. The zero-order chi connectivity index (χ0) is 24.8. The smallest absolute Gasteiger partial charge is 0.369 e. The quantitative estimate of drug-likeness (QED) is 0.353. The van der Waals surface area contributed by atoms with Gasteiger partial charge in [-0.15, -0.1) is 0 Å². The molecule has 0 spiro atoms. The molecule has 1 aromatic heterocycles. The van der Waals surface area contributed by atoms with Crippen LogP contribution in [0.4, 0.5) is 37.8 Å². The second-order valence-corrected chi connectivity index (χ2v) is 9.97. The molecule has 1 fully saturated rings. The highest BCUT2D eigenvalue weighted by Gasteiger charge is 2.58. The fraction of sp³-hybridized carbons (Fsp3) is 0.421. The lowest BCUT2D eigenvalue weighted by atomic mass is 9.86. The number of anilines is 2. The fourth-order valence-electron chi connectivity index (χ4n) is 3.83. The van der Waals surface area contributed by atoms with Crippen LogP contribution in [0.3, 0.4) is 0 Å². The molecular weight excluding hydrogens is 498 g/mol. The van der Waals surface area contributed by atoms with Crippen molar-refractivity contribution in [3.8, 4) is 0 Å². The van der Waals surface area contributed by atoms with Crippen LogP contribution in [0.15, 0.2) is 29.2 Å². The van der Waals surface area contributed by atoms with E-state index in [1.807, 2.05) is 0 Å². The van der Waals surface area contributed by atoms with Gasteiger partial charge in [-0.1, -0.05) is 17.7 Å². The summed E-state index contributed by atoms with van der Waals surface area (Å²) in [5.74, 6) is -4.84. The lowest BCUT2D eigenvalue weighted by molar-refractivity contribution is -0.220. The molecule has 2 aromatic rings. The Morgan fingerprint density at radius 2 is 1.91 bits per heavy atom. The van der Waals surface area contributed by atoms with Crippen molar-refractivity contribution >= 4 is 33.1 Å². The van der Waals surface area contributed by atoms with Gasteiger partial charge in [0.25, 0.3) is 10.0 Å². The van der Waals surface area contributed by atoms with Crippen molar-refractivity contribution in [2.75, 3.05) is 43.4 Å². The van der Waals surface area contributed by atoms with E-state index < -0.39 is 67.2 Å². The first-order valence-electron chi connectivity index (χ1n) is 9.46. The lowest BCUT2D eigenvalue weighted by Gasteiger charge is -2.34. The van der Waals surface area contributed by atoms with E-state index in [1.165, 1.54) is 19.0 Å². The number of alkyl halides is 3. The van der Waals surface area contributed by atoms with Crippen molar-refractivity contribution in [2.45, 2.75) is 17.5 Å². The van der Waals surface area contributed by atoms with Gasteiger partial charge in [0, 0.05) is 25.7 Å². The van der Waals surface area contributed by atoms with Crippen molar-refractivity contribution in [3.63, 3.8) is 0 Å². The summed E-state index contributed by atoms with van der Waals surface area (Å²) in [7, 11) is -1.99. The van der Waals surface area contributed by atoms with Crippen LogP contribution in [0.2, 0.25) is 5.02 Å². The molecule has 1 aromatic carbocycles. The predicted octanol–water partition coefficient (Wildman–Crippen LogP) is 4.27. The maximum Gasteiger partial charge on any atom is 0.397 e. The Morgan fingerprint density at radius 1 is 1.24 bits per heavy atom. The molecule has 0 radical (unpaired) electrons. The van der Waals surface area contributed by atoms with Crippen LogP contribution >= 0.6 is 11.6 Å². The number of hydrogen-bond acceptors (Lipinski definition) is 5. The molecule has 0 aliphatic carbocycles. The normalized spacial score (nSPS) is 19.4. The van der Waals surface area contributed by atoms with Crippen molar-refractivity contribution in [3.05, 3.63) is 46.9 Å². The third-order valence-electron chi connectivity index (χ3n) is 5.23. The molecule has 1 N–H and O–H groups in total. The van der Waals surface area contributed by atoms with Gasteiger partial charge in [0.2, 0.25) is 5.95 Å². The Bertz CT molecular complexity index is 1160. The van der Waals surface area contributed by atoms with E-state index in [-0.39, 0.29) is 19.5 Å². The molecule has 2 heterocycles. The molecule has 182 valence electrons. The zero-order valence-corrected chi connectivity index (χ0v) is 18.9. The summed E-state index contributed by atoms with van der Waals surface area (Å²) in [5.41, 5.74) is -2.57. The van der Waals surface area contributed by atoms with E-state index in [4.69, 9.17) is 11.6 Å². The molecule has 1 aliphatic rings. The minimum atomic E-state index is -4.93. The third-order valence-corrected chi connectivity index (χ3v) is 6.98. The summed E-state index contributed by atoms with van der Waals surface area (Å²) in [6.45, 7) is -1.18. The minimum absolute atomic E-state index is 0.205. The first kappa shape index (κ1) is 25.4. The van der Waals surface area contributed by atoms with Gasteiger partial charge < -0.3 is 9.80 Å². The monoisotopic (exact) mass is 516 g/mol. The van der Waals surface area contributed by atoms with Crippen LogP contribution in [0, 0.1) is 23.0 Å². The van der Waals surface area contributed by atoms with Gasteiger partial charge in [-0.2, -0.15) is 17.6 Å². The zero-order valence-electron chi connectivity index (χ0n) is 17.3. The molecule has 0 saturated carbocycles. The second-order valence-electron chi connectivity index (χ2n) is 7.97. The van der Waals surface area contributed by atoms with Crippen LogP contribution < -0.4 is 9.62 Å². The van der Waals surface area contributed by atoms with Crippen molar-refractivity contribution in [1.29, 1.82) is 0 Å². The fourth-order valence-corrected chi connectivity index (χ4v) is 5.30. The number of sulfonamides is 1. The standard InChI is InChI=1S/C19H19ClF6N4O2S/c1-29(2)9-18(19(24,25)26)6-7-30(10-18)12-8-11(21)17(16(23)15(12)20)33(31,32)28-14-5-3-4-13(22)27-14/h3-5,8H,6-7,9-10H2,1-2H3,(H,27,28)/t18-/m1/s1. The van der Waals surface area contributed by atoms with Crippen molar-refractivity contribution in [1.82, 2.24) is 9.88 Å². The SMILES string of the molecule is CN(C)C[C@]1(C(F)(F)F)CCN(c2cc(F)c(S(=O)(=O)Nc3cccc(F)n3)c(F)c2Cl)C1. The third kappa shape index (κ3) is 4.99. The summed E-state index contributed by atoms with van der Waals surface area (Å²) < 4.78 is 111. The van der Waals surface area contributed by atoms with E-state index >= 15 is 0 Å². The van der Waals surface area contributed by atoms with Crippen LogP contribution in [0.25, 0.3) is 0 Å². The van der Waals surface area contributed by atoms with Gasteiger partial charge in [0.1, 0.15) is 16.7 Å². The number of nitrogens with zero attached hydrogens (tertiary/aromatic N) is 3. The van der Waals surface area contributed by atoms with Gasteiger partial charge in [0.15, 0.2) is 10.7 Å². The van der Waals surface area contributed by atoms with Gasteiger partial charge in [-0.3, -0.25) is 4.72 Å². The summed E-state index contributed by atoms with van der Waals surface area (Å²) in [6.07, 6.45) is -4.94. The predicted molar refractivity (Wildman–Crippen MR) is 110 cm³/mol. The Morgan fingerprint density at radius 3 is 2.48 bits per heavy atom. The number of pyridine rings is 1. The minimum Gasteiger partial charge on any atom is -0.369 e. The van der Waals surface area contributed by atoms with Crippen LogP contribution in [-0.2, 0) is 10.0 Å². The molecule has 33 heavy (non-hydrogen) atoms. The maximum atomic E-state index is 14.9. The molecule has 0 bridgehead atoms. The second kappa shape index (κ2) is 8.84. The Kier molecular flexibility index (Phi) is 6.80. The van der Waals surface area contributed by atoms with E-state index in [1.54, 1.807) is 4.72 Å². The maximum absolute atomic E-state index is 14.9. The van der Waals surface area contributed by atoms with Gasteiger partial charge in [-0.25, -0.2) is 22.2 Å². The number of aromatic nitrogens is 1. The highest BCUT2D eigenvalue weighted by atomic mass is 35.5. The first-order chi connectivity index (χ1) is 15.2. The van der Waals surface area contributed by atoms with E-state index in [9.17, 15) is 34.8 Å². The van der Waals surface area contributed by atoms with E-state index in [2.05, 4.69) is 4.98 Å². The Hall–Kier alpha value is -2.25. The van der Waals surface area contributed by atoms with Gasteiger partial charge in [-0.05, 0) is 32.6 Å². The molecule has 0 amide bonds. The summed E-state index contributed by atoms with van der Waals surface area (Å²) in [6, 6.07) is 3.67. The van der Waals surface area contributed by atoms with Crippen molar-refractivity contribution in [2.24, 2.45) is 5.41 Å². The molecule has 1 atom stereocenters. The van der Waals surface area contributed by atoms with Crippen molar-refractivity contribution < 1.29 is 34.8 Å². The molecule has 1 saturated heterocycles. The highest BCUT2D eigenvalue weighted by Crippen LogP contribution is 2.48. The summed E-state index contributed by atoms with van der Waals surface area (Å²) in [4.78, 5) is 4.23. The lowest BCUT2D eigenvalue weighted by Crippen LogP contribution is -2.47. The number of rotatable bonds is 6. The molecule has 3 rings (SSSR count). The molecule has 6 nitrogen and oxygen atoms in total. The van der Waals surface area contributed by atoms with Crippen LogP contribution in [0.1, 0.15) is 6.42 Å². The van der Waals surface area contributed by atoms with Gasteiger partial charge >= 0.3 is 6.18 Å². The Labute approximate surface area is 191 Å². The number of benzene rings is 1. The molecule has 0 unspecified atom stereocenters. The summed E-state index contributed by atoms with van der Waals surface area (Å²) in [5, 5.41) is -0.855. The van der Waals surface area contributed by atoms with Gasteiger partial charge in [0.05, 0.1) is 11.1 Å². The Balaban J connectivity index is 1.98. The van der Waals surface area contributed by atoms with Crippen LogP contribution in [0.5, 0.6) is 0 Å². The average Bonchev–Trinajstić information content (AvgIpc) is 3.08.